The minimum absolute atomic E-state index is 0.312. The molecule has 2 nitrogen and oxygen atoms in total. The standard InChI is InChI=1S/C10H23NOS/c1-9(7-12)8-13-6-4-3-5-10(2)11/h9-10,12H,3-8,11H2,1-2H3. The molecule has 13 heavy (non-hydrogen) atoms. The Balaban J connectivity index is 2.99. The fourth-order valence-corrected chi connectivity index (χ4v) is 2.09. The van der Waals surface area contributed by atoms with E-state index in [4.69, 9.17) is 10.8 Å². The van der Waals surface area contributed by atoms with Gasteiger partial charge in [0.15, 0.2) is 0 Å². The molecule has 0 aromatic heterocycles. The van der Waals surface area contributed by atoms with E-state index in [0.29, 0.717) is 18.6 Å². The number of aliphatic hydroxyl groups is 1. The first-order valence-electron chi connectivity index (χ1n) is 5.11. The number of hydrogen-bond acceptors (Lipinski definition) is 3. The molecule has 3 heteroatoms. The van der Waals surface area contributed by atoms with Crippen molar-refractivity contribution in [2.24, 2.45) is 11.7 Å². The molecule has 0 aliphatic heterocycles. The van der Waals surface area contributed by atoms with Gasteiger partial charge in [-0.15, -0.1) is 0 Å². The van der Waals surface area contributed by atoms with Gasteiger partial charge in [0.1, 0.15) is 0 Å². The molecular weight excluding hydrogens is 182 g/mol. The fraction of sp³-hybridized carbons (Fsp3) is 1.00. The Morgan fingerprint density at radius 3 is 2.54 bits per heavy atom. The highest BCUT2D eigenvalue weighted by molar-refractivity contribution is 7.99. The predicted molar refractivity (Wildman–Crippen MR) is 61.1 cm³/mol. The lowest BCUT2D eigenvalue weighted by Crippen LogP contribution is -2.14. The second kappa shape index (κ2) is 8.85. The van der Waals surface area contributed by atoms with Gasteiger partial charge in [-0.3, -0.25) is 0 Å². The fourth-order valence-electron chi connectivity index (χ4n) is 1.01. The molecule has 0 aliphatic rings. The van der Waals surface area contributed by atoms with Crippen LogP contribution in [-0.2, 0) is 0 Å². The molecule has 0 aliphatic carbocycles. The monoisotopic (exact) mass is 205 g/mol. The first-order chi connectivity index (χ1) is 6.16. The van der Waals surface area contributed by atoms with Crippen molar-refractivity contribution in [1.29, 1.82) is 0 Å². The highest BCUT2D eigenvalue weighted by Gasteiger charge is 1.99. The van der Waals surface area contributed by atoms with Crippen molar-refractivity contribution in [1.82, 2.24) is 0 Å². The lowest BCUT2D eigenvalue weighted by atomic mass is 10.2. The average molecular weight is 205 g/mol. The lowest BCUT2D eigenvalue weighted by Gasteiger charge is -2.07. The normalized spacial score (nSPS) is 15.7. The van der Waals surface area contributed by atoms with E-state index in [1.54, 1.807) is 0 Å². The van der Waals surface area contributed by atoms with Gasteiger partial charge >= 0.3 is 0 Å². The summed E-state index contributed by atoms with van der Waals surface area (Å²) in [5.41, 5.74) is 5.64. The van der Waals surface area contributed by atoms with Gasteiger partial charge in [0, 0.05) is 12.6 Å². The summed E-state index contributed by atoms with van der Waals surface area (Å²) in [5, 5.41) is 8.78. The van der Waals surface area contributed by atoms with Gasteiger partial charge in [0.25, 0.3) is 0 Å². The first-order valence-corrected chi connectivity index (χ1v) is 6.26. The van der Waals surface area contributed by atoms with E-state index < -0.39 is 0 Å². The third-order valence-electron chi connectivity index (χ3n) is 1.91. The van der Waals surface area contributed by atoms with Crippen molar-refractivity contribution in [3.05, 3.63) is 0 Å². The Kier molecular flexibility index (Phi) is 9.03. The first kappa shape index (κ1) is 13.3. The largest absolute Gasteiger partial charge is 0.396 e. The van der Waals surface area contributed by atoms with Crippen LogP contribution >= 0.6 is 11.8 Å². The van der Waals surface area contributed by atoms with Crippen LogP contribution in [0.1, 0.15) is 33.1 Å². The lowest BCUT2D eigenvalue weighted by molar-refractivity contribution is 0.250. The van der Waals surface area contributed by atoms with Crippen LogP contribution in [-0.4, -0.2) is 29.3 Å². The van der Waals surface area contributed by atoms with Gasteiger partial charge in [0.2, 0.25) is 0 Å². The quantitative estimate of drug-likeness (QED) is 0.595. The summed E-state index contributed by atoms with van der Waals surface area (Å²) in [7, 11) is 0. The summed E-state index contributed by atoms with van der Waals surface area (Å²) in [6, 6.07) is 0.348. The van der Waals surface area contributed by atoms with Gasteiger partial charge in [-0.1, -0.05) is 13.3 Å². The van der Waals surface area contributed by atoms with E-state index in [9.17, 15) is 0 Å². The topological polar surface area (TPSA) is 46.2 Å². The third-order valence-corrected chi connectivity index (χ3v) is 3.29. The summed E-state index contributed by atoms with van der Waals surface area (Å²) in [5.74, 6) is 2.73. The van der Waals surface area contributed by atoms with Crippen LogP contribution in [0.25, 0.3) is 0 Å². The molecule has 0 amide bonds. The van der Waals surface area contributed by atoms with Crippen LogP contribution in [0.5, 0.6) is 0 Å². The van der Waals surface area contributed by atoms with Gasteiger partial charge in [0.05, 0.1) is 0 Å². The third kappa shape index (κ3) is 10.2. The molecule has 2 atom stereocenters. The zero-order chi connectivity index (χ0) is 10.1. The molecule has 80 valence electrons. The maximum Gasteiger partial charge on any atom is 0.0464 e. The summed E-state index contributed by atoms with van der Waals surface area (Å²) in [6.45, 7) is 4.45. The van der Waals surface area contributed by atoms with Crippen molar-refractivity contribution in [2.45, 2.75) is 39.2 Å². The Hall–Kier alpha value is 0.270. The molecule has 0 radical (unpaired) electrons. The highest BCUT2D eigenvalue weighted by Crippen LogP contribution is 2.11. The number of nitrogens with two attached hydrogens (primary N) is 1. The molecule has 0 saturated heterocycles. The van der Waals surface area contributed by atoms with E-state index in [0.717, 1.165) is 12.2 Å². The van der Waals surface area contributed by atoms with Crippen molar-refractivity contribution >= 4 is 11.8 Å². The van der Waals surface area contributed by atoms with Crippen molar-refractivity contribution < 1.29 is 5.11 Å². The smallest absolute Gasteiger partial charge is 0.0464 e. The van der Waals surface area contributed by atoms with E-state index in [-0.39, 0.29) is 0 Å². The van der Waals surface area contributed by atoms with Gasteiger partial charge in [-0.05, 0) is 37.2 Å². The number of unbranched alkanes of at least 4 members (excludes halogenated alkanes) is 1. The minimum atomic E-state index is 0.312. The molecule has 0 heterocycles. The molecular formula is C10H23NOS. The Bertz CT molecular complexity index is 109. The number of thioether (sulfide) groups is 1. The zero-order valence-corrected chi connectivity index (χ0v) is 9.65. The predicted octanol–water partition coefficient (Wildman–Crippen LogP) is 1.87. The Labute approximate surface area is 86.3 Å². The maximum atomic E-state index is 8.78. The summed E-state index contributed by atoms with van der Waals surface area (Å²) >= 11 is 1.94. The molecule has 0 spiro atoms. The molecule has 0 aromatic rings. The van der Waals surface area contributed by atoms with Crippen molar-refractivity contribution in [3.63, 3.8) is 0 Å². The zero-order valence-electron chi connectivity index (χ0n) is 8.83. The van der Waals surface area contributed by atoms with Gasteiger partial charge in [-0.25, -0.2) is 0 Å². The Morgan fingerprint density at radius 2 is 2.00 bits per heavy atom. The van der Waals surface area contributed by atoms with E-state index >= 15 is 0 Å². The minimum Gasteiger partial charge on any atom is -0.396 e. The number of aliphatic hydroxyl groups excluding tert-OH is 1. The second-order valence-electron chi connectivity index (χ2n) is 3.84. The van der Waals surface area contributed by atoms with Crippen LogP contribution in [0.3, 0.4) is 0 Å². The van der Waals surface area contributed by atoms with Crippen LogP contribution in [0.15, 0.2) is 0 Å². The molecule has 2 unspecified atom stereocenters. The summed E-state index contributed by atoms with van der Waals surface area (Å²) in [4.78, 5) is 0. The van der Waals surface area contributed by atoms with Crippen LogP contribution < -0.4 is 5.73 Å². The summed E-state index contributed by atoms with van der Waals surface area (Å²) in [6.07, 6.45) is 3.62. The van der Waals surface area contributed by atoms with Gasteiger partial charge < -0.3 is 10.8 Å². The average Bonchev–Trinajstić information content (AvgIpc) is 2.10. The maximum absolute atomic E-state index is 8.78. The molecule has 0 fully saturated rings. The van der Waals surface area contributed by atoms with Gasteiger partial charge in [-0.2, -0.15) is 11.8 Å². The molecule has 3 N–H and O–H groups in total. The number of hydrogen-bond donors (Lipinski definition) is 2. The van der Waals surface area contributed by atoms with Crippen LogP contribution in [0.4, 0.5) is 0 Å². The van der Waals surface area contributed by atoms with Crippen LogP contribution in [0, 0.1) is 5.92 Å². The Morgan fingerprint density at radius 1 is 1.31 bits per heavy atom. The van der Waals surface area contributed by atoms with E-state index in [1.807, 2.05) is 11.8 Å². The van der Waals surface area contributed by atoms with E-state index in [1.165, 1.54) is 18.6 Å². The number of rotatable bonds is 8. The molecule has 0 saturated carbocycles. The highest BCUT2D eigenvalue weighted by atomic mass is 32.2. The van der Waals surface area contributed by atoms with E-state index in [2.05, 4.69) is 13.8 Å². The van der Waals surface area contributed by atoms with Crippen LogP contribution in [0.2, 0.25) is 0 Å². The van der Waals surface area contributed by atoms with Crippen molar-refractivity contribution in [3.8, 4) is 0 Å². The van der Waals surface area contributed by atoms with Crippen molar-refractivity contribution in [2.75, 3.05) is 18.1 Å². The second-order valence-corrected chi connectivity index (χ2v) is 4.99. The SMILES string of the molecule is CC(N)CCCCSCC(C)CO. The molecule has 0 rings (SSSR count). The molecule has 0 bridgehead atoms. The summed E-state index contributed by atoms with van der Waals surface area (Å²) < 4.78 is 0. The molecule has 0 aromatic carbocycles.